The lowest BCUT2D eigenvalue weighted by molar-refractivity contribution is -0.150. The van der Waals surface area contributed by atoms with Crippen LogP contribution in [0.1, 0.15) is 30.6 Å². The summed E-state index contributed by atoms with van der Waals surface area (Å²) < 4.78 is 0.666. The third kappa shape index (κ3) is 2.77. The monoisotopic (exact) mass is 354 g/mol. The maximum atomic E-state index is 12.6. The van der Waals surface area contributed by atoms with E-state index in [1.807, 2.05) is 13.8 Å². The minimum Gasteiger partial charge on any atom is -0.481 e. The van der Waals surface area contributed by atoms with E-state index in [1.165, 1.54) is 0 Å². The number of nitrogens with two attached hydrogens (primary N) is 1. The van der Waals surface area contributed by atoms with Crippen LogP contribution >= 0.6 is 15.9 Å². The Morgan fingerprint density at radius 1 is 1.43 bits per heavy atom. The second-order valence-corrected chi connectivity index (χ2v) is 6.69. The summed E-state index contributed by atoms with van der Waals surface area (Å²) in [7, 11) is 0. The van der Waals surface area contributed by atoms with Crippen molar-refractivity contribution in [3.8, 4) is 0 Å². The number of carboxylic acid groups (broad SMARTS) is 1. The van der Waals surface area contributed by atoms with Gasteiger partial charge in [-0.2, -0.15) is 0 Å². The summed E-state index contributed by atoms with van der Waals surface area (Å²) in [6.45, 7) is 4.46. The van der Waals surface area contributed by atoms with Gasteiger partial charge in [-0.05, 0) is 46.5 Å². The first-order valence-electron chi connectivity index (χ1n) is 6.85. The Morgan fingerprint density at radius 3 is 2.62 bits per heavy atom. The Morgan fingerprint density at radius 2 is 2.10 bits per heavy atom. The second kappa shape index (κ2) is 5.67. The highest BCUT2D eigenvalue weighted by atomic mass is 79.9. The molecule has 1 atom stereocenters. The highest BCUT2D eigenvalue weighted by molar-refractivity contribution is 9.10. The Labute approximate surface area is 132 Å². The van der Waals surface area contributed by atoms with Gasteiger partial charge >= 0.3 is 5.97 Å². The Balaban J connectivity index is 2.27. The fraction of sp³-hybridized carbons (Fsp3) is 0.467. The van der Waals surface area contributed by atoms with Gasteiger partial charge in [-0.1, -0.05) is 13.8 Å². The van der Waals surface area contributed by atoms with Crippen molar-refractivity contribution in [1.29, 1.82) is 0 Å². The number of carbonyl (C=O) groups excluding carboxylic acids is 1. The number of hydrogen-bond acceptors (Lipinski definition) is 3. The zero-order valence-corrected chi connectivity index (χ0v) is 13.7. The average Bonchev–Trinajstić information content (AvgIpc) is 2.87. The molecule has 1 amide bonds. The number of carbonyl (C=O) groups is 2. The minimum absolute atomic E-state index is 0.0305. The summed E-state index contributed by atoms with van der Waals surface area (Å²) in [6.07, 6.45) is 0.478. The number of benzene rings is 1. The van der Waals surface area contributed by atoms with E-state index in [4.69, 9.17) is 5.73 Å². The van der Waals surface area contributed by atoms with Crippen LogP contribution in [0.3, 0.4) is 0 Å². The summed E-state index contributed by atoms with van der Waals surface area (Å²) in [4.78, 5) is 25.8. The first-order valence-corrected chi connectivity index (χ1v) is 7.65. The fourth-order valence-electron chi connectivity index (χ4n) is 2.78. The standard InChI is InChI=1S/C15H19BrN2O3/c1-9(2)15(14(20)21)5-6-18(8-15)13(19)11-7-10(17)3-4-12(11)16/h3-4,7,9H,5-6,8,17H2,1-2H3,(H,20,21). The molecule has 21 heavy (non-hydrogen) atoms. The number of nitrogen functional groups attached to an aromatic ring is 1. The smallest absolute Gasteiger partial charge is 0.311 e. The summed E-state index contributed by atoms with van der Waals surface area (Å²) in [6, 6.07) is 5.05. The molecule has 3 N–H and O–H groups in total. The third-order valence-electron chi connectivity index (χ3n) is 4.34. The molecular formula is C15H19BrN2O3. The molecule has 1 aliphatic rings. The Bertz CT molecular complexity index is 588. The summed E-state index contributed by atoms with van der Waals surface area (Å²) in [5, 5.41) is 9.54. The maximum Gasteiger partial charge on any atom is 0.311 e. The normalized spacial score (nSPS) is 21.8. The van der Waals surface area contributed by atoms with Gasteiger partial charge in [-0.15, -0.1) is 0 Å². The van der Waals surface area contributed by atoms with Crippen LogP contribution in [0.25, 0.3) is 0 Å². The van der Waals surface area contributed by atoms with Gasteiger partial charge in [0.15, 0.2) is 0 Å². The molecule has 1 aromatic carbocycles. The van der Waals surface area contributed by atoms with E-state index >= 15 is 0 Å². The maximum absolute atomic E-state index is 12.6. The van der Waals surface area contributed by atoms with Gasteiger partial charge in [0.25, 0.3) is 5.91 Å². The second-order valence-electron chi connectivity index (χ2n) is 5.83. The molecule has 6 heteroatoms. The Hall–Kier alpha value is -1.56. The Kier molecular flexibility index (Phi) is 4.27. The molecule has 0 aliphatic carbocycles. The molecule has 1 fully saturated rings. The molecule has 1 heterocycles. The number of amides is 1. The lowest BCUT2D eigenvalue weighted by Gasteiger charge is -2.28. The van der Waals surface area contributed by atoms with Crippen molar-refractivity contribution >= 4 is 33.5 Å². The predicted molar refractivity (Wildman–Crippen MR) is 84.0 cm³/mol. The van der Waals surface area contributed by atoms with Crippen LogP contribution in [-0.2, 0) is 4.79 Å². The molecule has 0 radical (unpaired) electrons. The SMILES string of the molecule is CC(C)C1(C(=O)O)CCN(C(=O)c2cc(N)ccc2Br)C1. The molecule has 114 valence electrons. The summed E-state index contributed by atoms with van der Waals surface area (Å²) in [5.74, 6) is -1.05. The van der Waals surface area contributed by atoms with Crippen molar-refractivity contribution < 1.29 is 14.7 Å². The van der Waals surface area contributed by atoms with Gasteiger partial charge in [0, 0.05) is 23.2 Å². The predicted octanol–water partition coefficient (Wildman–Crippen LogP) is 2.60. The van der Waals surface area contributed by atoms with Gasteiger partial charge in [-0.3, -0.25) is 9.59 Å². The topological polar surface area (TPSA) is 83.6 Å². The largest absolute Gasteiger partial charge is 0.481 e. The van der Waals surface area contributed by atoms with Crippen LogP contribution in [0.5, 0.6) is 0 Å². The number of halogens is 1. The van der Waals surface area contributed by atoms with Gasteiger partial charge in [0.2, 0.25) is 0 Å². The van der Waals surface area contributed by atoms with Crippen molar-refractivity contribution in [2.75, 3.05) is 18.8 Å². The highest BCUT2D eigenvalue weighted by Crippen LogP contribution is 2.39. The van der Waals surface area contributed by atoms with Crippen molar-refractivity contribution in [2.24, 2.45) is 11.3 Å². The third-order valence-corrected chi connectivity index (χ3v) is 5.03. The van der Waals surface area contributed by atoms with Crippen molar-refractivity contribution in [2.45, 2.75) is 20.3 Å². The molecule has 0 saturated carbocycles. The van der Waals surface area contributed by atoms with Crippen LogP contribution in [0.15, 0.2) is 22.7 Å². The molecule has 0 bridgehead atoms. The van der Waals surface area contributed by atoms with Gasteiger partial charge in [0.1, 0.15) is 0 Å². The van der Waals surface area contributed by atoms with E-state index in [-0.39, 0.29) is 18.4 Å². The molecule has 1 aromatic rings. The summed E-state index contributed by atoms with van der Waals surface area (Å²) >= 11 is 3.35. The zero-order chi connectivity index (χ0) is 15.8. The van der Waals surface area contributed by atoms with Crippen LogP contribution in [0.2, 0.25) is 0 Å². The minimum atomic E-state index is -0.859. The number of rotatable bonds is 3. The number of hydrogen-bond donors (Lipinski definition) is 2. The van der Waals surface area contributed by atoms with Crippen molar-refractivity contribution in [1.82, 2.24) is 4.90 Å². The summed E-state index contributed by atoms with van der Waals surface area (Å²) in [5.41, 5.74) is 5.85. The molecule has 1 saturated heterocycles. The highest BCUT2D eigenvalue weighted by Gasteiger charge is 2.48. The van der Waals surface area contributed by atoms with E-state index in [0.717, 1.165) is 0 Å². The quantitative estimate of drug-likeness (QED) is 0.817. The molecule has 5 nitrogen and oxygen atoms in total. The van der Waals surface area contributed by atoms with Crippen molar-refractivity contribution in [3.63, 3.8) is 0 Å². The number of carboxylic acids is 1. The lowest BCUT2D eigenvalue weighted by atomic mass is 9.76. The van der Waals surface area contributed by atoms with E-state index < -0.39 is 11.4 Å². The van der Waals surface area contributed by atoms with Gasteiger partial charge in [-0.25, -0.2) is 0 Å². The molecule has 1 aliphatic heterocycles. The zero-order valence-electron chi connectivity index (χ0n) is 12.1. The van der Waals surface area contributed by atoms with E-state index in [2.05, 4.69) is 15.9 Å². The molecule has 1 unspecified atom stereocenters. The first kappa shape index (κ1) is 15.8. The molecular weight excluding hydrogens is 336 g/mol. The van der Waals surface area contributed by atoms with Crippen LogP contribution < -0.4 is 5.73 Å². The number of anilines is 1. The average molecular weight is 355 g/mol. The van der Waals surface area contributed by atoms with Crippen molar-refractivity contribution in [3.05, 3.63) is 28.2 Å². The van der Waals surface area contributed by atoms with Crippen LogP contribution in [0, 0.1) is 11.3 Å². The van der Waals surface area contributed by atoms with E-state index in [9.17, 15) is 14.7 Å². The molecule has 2 rings (SSSR count). The number of likely N-dealkylation sites (tertiary alicyclic amines) is 1. The first-order chi connectivity index (χ1) is 9.78. The fourth-order valence-corrected chi connectivity index (χ4v) is 3.19. The lowest BCUT2D eigenvalue weighted by Crippen LogP contribution is -2.40. The van der Waals surface area contributed by atoms with E-state index in [0.29, 0.717) is 28.7 Å². The van der Waals surface area contributed by atoms with Gasteiger partial charge in [0.05, 0.1) is 11.0 Å². The van der Waals surface area contributed by atoms with Gasteiger partial charge < -0.3 is 15.7 Å². The molecule has 0 aromatic heterocycles. The van der Waals surface area contributed by atoms with Crippen LogP contribution in [-0.4, -0.2) is 35.0 Å². The van der Waals surface area contributed by atoms with E-state index in [1.54, 1.807) is 23.1 Å². The number of aliphatic carboxylic acids is 1. The molecule has 0 spiro atoms. The number of nitrogens with zero attached hydrogens (tertiary/aromatic N) is 1. The van der Waals surface area contributed by atoms with Crippen LogP contribution in [0.4, 0.5) is 5.69 Å².